The molecule has 108 valence electrons. The molecule has 2 rings (SSSR count). The van der Waals surface area contributed by atoms with Crippen LogP contribution in [0.2, 0.25) is 5.02 Å². The van der Waals surface area contributed by atoms with Crippen LogP contribution in [0.4, 0.5) is 11.4 Å². The van der Waals surface area contributed by atoms with Crippen molar-refractivity contribution in [3.63, 3.8) is 0 Å². The lowest BCUT2D eigenvalue weighted by molar-refractivity contribution is -0.385. The molecule has 0 aliphatic rings. The van der Waals surface area contributed by atoms with Crippen LogP contribution in [0.15, 0.2) is 45.3 Å². The van der Waals surface area contributed by atoms with Crippen molar-refractivity contribution < 1.29 is 9.72 Å². The number of carbonyl (C=O) groups is 1. The van der Waals surface area contributed by atoms with Gasteiger partial charge < -0.3 is 5.32 Å². The summed E-state index contributed by atoms with van der Waals surface area (Å²) in [4.78, 5) is 22.3. The molecule has 2 aromatic carbocycles. The summed E-state index contributed by atoms with van der Waals surface area (Å²) in [7, 11) is 0. The lowest BCUT2D eigenvalue weighted by Crippen LogP contribution is -2.11. The first kappa shape index (κ1) is 15.9. The second kappa shape index (κ2) is 6.55. The summed E-state index contributed by atoms with van der Waals surface area (Å²) in [5, 5.41) is 13.8. The second-order valence-electron chi connectivity index (χ2n) is 4.01. The van der Waals surface area contributed by atoms with Gasteiger partial charge in [-0.05, 0) is 62.2 Å². The van der Waals surface area contributed by atoms with Gasteiger partial charge in [-0.2, -0.15) is 0 Å². The molecule has 0 atom stereocenters. The number of nitro groups is 1. The van der Waals surface area contributed by atoms with Crippen LogP contribution in [-0.4, -0.2) is 10.8 Å². The van der Waals surface area contributed by atoms with Gasteiger partial charge in [0.15, 0.2) is 0 Å². The maximum Gasteiger partial charge on any atom is 0.283 e. The third-order valence-corrected chi connectivity index (χ3v) is 4.45. The van der Waals surface area contributed by atoms with E-state index in [9.17, 15) is 14.9 Å². The molecule has 1 amide bonds. The Kier molecular flexibility index (Phi) is 4.97. The van der Waals surface area contributed by atoms with Crippen LogP contribution >= 0.6 is 43.5 Å². The maximum absolute atomic E-state index is 12.1. The highest BCUT2D eigenvalue weighted by molar-refractivity contribution is 9.11. The summed E-state index contributed by atoms with van der Waals surface area (Å²) < 4.78 is 0.984. The summed E-state index contributed by atoms with van der Waals surface area (Å²) >= 11 is 12.3. The topological polar surface area (TPSA) is 72.2 Å². The van der Waals surface area contributed by atoms with Crippen molar-refractivity contribution >= 4 is 60.7 Å². The first-order valence-corrected chi connectivity index (χ1v) is 7.55. The Labute approximate surface area is 141 Å². The minimum Gasteiger partial charge on any atom is -0.322 e. The molecule has 0 saturated heterocycles. The molecule has 8 heteroatoms. The number of nitro benzene ring substituents is 1. The van der Waals surface area contributed by atoms with Gasteiger partial charge in [-0.1, -0.05) is 11.6 Å². The zero-order valence-electron chi connectivity index (χ0n) is 10.3. The Morgan fingerprint density at radius 3 is 2.43 bits per heavy atom. The number of benzene rings is 2. The van der Waals surface area contributed by atoms with Gasteiger partial charge in [0.2, 0.25) is 0 Å². The van der Waals surface area contributed by atoms with Crippen LogP contribution in [-0.2, 0) is 0 Å². The molecule has 0 aliphatic carbocycles. The van der Waals surface area contributed by atoms with E-state index in [-0.39, 0.29) is 11.6 Å². The van der Waals surface area contributed by atoms with Gasteiger partial charge >= 0.3 is 0 Å². The largest absolute Gasteiger partial charge is 0.322 e. The number of anilines is 1. The molecule has 0 aromatic heterocycles. The molecule has 0 unspecified atom stereocenters. The average molecular weight is 434 g/mol. The van der Waals surface area contributed by atoms with E-state index in [1.807, 2.05) is 0 Å². The fourth-order valence-electron chi connectivity index (χ4n) is 1.57. The van der Waals surface area contributed by atoms with Gasteiger partial charge in [-0.25, -0.2) is 0 Å². The second-order valence-corrected chi connectivity index (χ2v) is 6.12. The molecular weight excluding hydrogens is 427 g/mol. The van der Waals surface area contributed by atoms with Crippen molar-refractivity contribution in [3.8, 4) is 0 Å². The number of amides is 1. The molecule has 0 spiro atoms. The van der Waals surface area contributed by atoms with E-state index in [2.05, 4.69) is 37.2 Å². The van der Waals surface area contributed by atoms with Crippen molar-refractivity contribution in [1.82, 2.24) is 0 Å². The Hall–Kier alpha value is -1.44. The van der Waals surface area contributed by atoms with Crippen LogP contribution in [0, 0.1) is 10.1 Å². The molecule has 1 N–H and O–H groups in total. The molecule has 0 heterocycles. The zero-order chi connectivity index (χ0) is 15.6. The molecular formula is C13H7Br2ClN2O3. The molecule has 2 aromatic rings. The minimum atomic E-state index is -0.510. The summed E-state index contributed by atoms with van der Waals surface area (Å²) in [6.07, 6.45) is 0. The van der Waals surface area contributed by atoms with E-state index < -0.39 is 4.92 Å². The van der Waals surface area contributed by atoms with Gasteiger partial charge in [0.1, 0.15) is 0 Å². The predicted octanol–water partition coefficient (Wildman–Crippen LogP) is 5.03. The molecule has 0 aliphatic heterocycles. The van der Waals surface area contributed by atoms with E-state index in [4.69, 9.17) is 11.6 Å². The normalized spacial score (nSPS) is 10.2. The van der Waals surface area contributed by atoms with Gasteiger partial charge in [0.25, 0.3) is 11.6 Å². The zero-order valence-corrected chi connectivity index (χ0v) is 14.2. The maximum atomic E-state index is 12.1. The number of hydrogen-bond acceptors (Lipinski definition) is 3. The standard InChI is InChI=1S/C13H7Br2ClN2O3/c14-9-3-1-7(5-11(9)16)13(19)17-8-2-4-12(18(20)21)10(15)6-8/h1-6H,(H,17,19). The summed E-state index contributed by atoms with van der Waals surface area (Å²) in [5.41, 5.74) is 0.758. The highest BCUT2D eigenvalue weighted by atomic mass is 79.9. The van der Waals surface area contributed by atoms with E-state index in [0.29, 0.717) is 25.2 Å². The Morgan fingerprint density at radius 2 is 1.86 bits per heavy atom. The highest BCUT2D eigenvalue weighted by Crippen LogP contribution is 2.28. The van der Waals surface area contributed by atoms with Crippen LogP contribution in [0.3, 0.4) is 0 Å². The van der Waals surface area contributed by atoms with Gasteiger partial charge in [0, 0.05) is 21.8 Å². The molecule has 0 bridgehead atoms. The van der Waals surface area contributed by atoms with Gasteiger partial charge in [-0.15, -0.1) is 0 Å². The molecule has 0 saturated carbocycles. The number of nitrogens with zero attached hydrogens (tertiary/aromatic N) is 1. The van der Waals surface area contributed by atoms with Crippen LogP contribution in [0.1, 0.15) is 10.4 Å². The number of halogens is 3. The lowest BCUT2D eigenvalue weighted by Gasteiger charge is -2.07. The summed E-state index contributed by atoms with van der Waals surface area (Å²) in [6, 6.07) is 9.06. The SMILES string of the molecule is O=C(Nc1ccc([N+](=O)[O-])c(Br)c1)c1ccc(Br)c(Cl)c1. The van der Waals surface area contributed by atoms with Crippen molar-refractivity contribution in [2.45, 2.75) is 0 Å². The lowest BCUT2D eigenvalue weighted by atomic mass is 10.2. The van der Waals surface area contributed by atoms with Crippen molar-refractivity contribution in [2.24, 2.45) is 0 Å². The van der Waals surface area contributed by atoms with E-state index >= 15 is 0 Å². The first-order chi connectivity index (χ1) is 9.88. The van der Waals surface area contributed by atoms with Crippen LogP contribution in [0.5, 0.6) is 0 Å². The van der Waals surface area contributed by atoms with Crippen LogP contribution < -0.4 is 5.32 Å². The van der Waals surface area contributed by atoms with E-state index in [0.717, 1.165) is 0 Å². The number of carbonyl (C=O) groups excluding carboxylic acids is 1. The molecule has 5 nitrogen and oxygen atoms in total. The third-order valence-electron chi connectivity index (χ3n) is 2.58. The predicted molar refractivity (Wildman–Crippen MR) is 87.9 cm³/mol. The van der Waals surface area contributed by atoms with E-state index in [1.165, 1.54) is 24.3 Å². The quantitative estimate of drug-likeness (QED) is 0.544. The fourth-order valence-corrected chi connectivity index (χ4v) is 2.52. The van der Waals surface area contributed by atoms with E-state index in [1.54, 1.807) is 12.1 Å². The third kappa shape index (κ3) is 3.81. The Balaban J connectivity index is 2.21. The highest BCUT2D eigenvalue weighted by Gasteiger charge is 2.13. The number of hydrogen-bond donors (Lipinski definition) is 1. The summed E-state index contributed by atoms with van der Waals surface area (Å²) in [6.45, 7) is 0. The van der Waals surface area contributed by atoms with Crippen LogP contribution in [0.25, 0.3) is 0 Å². The Bertz CT molecular complexity index is 737. The van der Waals surface area contributed by atoms with Crippen molar-refractivity contribution in [2.75, 3.05) is 5.32 Å². The van der Waals surface area contributed by atoms with Crippen molar-refractivity contribution in [1.29, 1.82) is 0 Å². The Morgan fingerprint density at radius 1 is 1.14 bits per heavy atom. The average Bonchev–Trinajstić information content (AvgIpc) is 2.41. The molecule has 21 heavy (non-hydrogen) atoms. The molecule has 0 fully saturated rings. The van der Waals surface area contributed by atoms with Gasteiger partial charge in [-0.3, -0.25) is 14.9 Å². The number of nitrogens with one attached hydrogen (secondary N) is 1. The van der Waals surface area contributed by atoms with Crippen molar-refractivity contribution in [3.05, 3.63) is 66.0 Å². The monoisotopic (exact) mass is 432 g/mol. The molecule has 0 radical (unpaired) electrons. The van der Waals surface area contributed by atoms with Gasteiger partial charge in [0.05, 0.1) is 14.4 Å². The fraction of sp³-hybridized carbons (Fsp3) is 0. The number of rotatable bonds is 3. The summed E-state index contributed by atoms with van der Waals surface area (Å²) in [5.74, 6) is -0.356. The smallest absolute Gasteiger partial charge is 0.283 e. The minimum absolute atomic E-state index is 0.0697. The first-order valence-electron chi connectivity index (χ1n) is 5.59.